The molecule has 0 bridgehead atoms. The molecule has 3 aromatic rings. The van der Waals surface area contributed by atoms with Gasteiger partial charge in [0.1, 0.15) is 17.0 Å². The van der Waals surface area contributed by atoms with E-state index in [2.05, 4.69) is 15.3 Å². The SMILES string of the molecule is COc1ccc(C(=O)Nc2ncnc3sc4c(c23)CCCC4)cc1OC. The number of amides is 1. The zero-order valence-corrected chi connectivity index (χ0v) is 15.5. The molecule has 1 aromatic carbocycles. The van der Waals surface area contributed by atoms with Crippen molar-refractivity contribution in [3.8, 4) is 11.5 Å². The number of aryl methyl sites for hydroxylation is 2. The quantitative estimate of drug-likeness (QED) is 0.756. The summed E-state index contributed by atoms with van der Waals surface area (Å²) in [5, 5.41) is 3.93. The Balaban J connectivity index is 1.69. The first-order valence-electron chi connectivity index (χ1n) is 8.50. The zero-order chi connectivity index (χ0) is 18.1. The van der Waals surface area contributed by atoms with Crippen molar-refractivity contribution in [2.24, 2.45) is 0 Å². The average molecular weight is 369 g/mol. The molecule has 1 amide bonds. The minimum atomic E-state index is -0.235. The predicted molar refractivity (Wildman–Crippen MR) is 102 cm³/mol. The summed E-state index contributed by atoms with van der Waals surface area (Å²) in [7, 11) is 3.11. The molecule has 2 aromatic heterocycles. The standard InChI is InChI=1S/C19H19N3O3S/c1-24-13-8-7-11(9-14(13)25-2)18(23)22-17-16-12-5-3-4-6-15(12)26-19(16)21-10-20-17/h7-10H,3-6H2,1-2H3,(H,20,21,22,23). The Morgan fingerprint density at radius 1 is 1.12 bits per heavy atom. The van der Waals surface area contributed by atoms with Gasteiger partial charge < -0.3 is 14.8 Å². The highest BCUT2D eigenvalue weighted by molar-refractivity contribution is 7.19. The predicted octanol–water partition coefficient (Wildman–Crippen LogP) is 3.84. The Labute approximate surface area is 155 Å². The van der Waals surface area contributed by atoms with Crippen LogP contribution in [0, 0.1) is 0 Å². The maximum absolute atomic E-state index is 12.8. The van der Waals surface area contributed by atoms with Crippen LogP contribution in [-0.4, -0.2) is 30.1 Å². The highest BCUT2D eigenvalue weighted by Gasteiger charge is 2.21. The number of nitrogens with one attached hydrogen (secondary N) is 1. The minimum Gasteiger partial charge on any atom is -0.493 e. The van der Waals surface area contributed by atoms with Crippen LogP contribution in [-0.2, 0) is 12.8 Å². The van der Waals surface area contributed by atoms with Gasteiger partial charge in [-0.05, 0) is 49.4 Å². The Hall–Kier alpha value is -2.67. The molecule has 134 valence electrons. The van der Waals surface area contributed by atoms with Gasteiger partial charge in [0.2, 0.25) is 0 Å². The summed E-state index contributed by atoms with van der Waals surface area (Å²) in [6, 6.07) is 5.09. The van der Waals surface area contributed by atoms with Crippen LogP contribution in [0.25, 0.3) is 10.2 Å². The van der Waals surface area contributed by atoms with Crippen molar-refractivity contribution in [1.82, 2.24) is 9.97 Å². The van der Waals surface area contributed by atoms with Gasteiger partial charge in [0, 0.05) is 10.4 Å². The van der Waals surface area contributed by atoms with Crippen LogP contribution in [0.3, 0.4) is 0 Å². The number of hydrogen-bond donors (Lipinski definition) is 1. The molecule has 2 heterocycles. The van der Waals surface area contributed by atoms with Gasteiger partial charge >= 0.3 is 0 Å². The van der Waals surface area contributed by atoms with Crippen LogP contribution < -0.4 is 14.8 Å². The normalized spacial score (nSPS) is 13.3. The fourth-order valence-corrected chi connectivity index (χ4v) is 4.57. The number of anilines is 1. The topological polar surface area (TPSA) is 73.3 Å². The van der Waals surface area contributed by atoms with Gasteiger partial charge in [-0.1, -0.05) is 0 Å². The number of aromatic nitrogens is 2. The Bertz CT molecular complexity index is 984. The van der Waals surface area contributed by atoms with Crippen molar-refractivity contribution in [2.75, 3.05) is 19.5 Å². The van der Waals surface area contributed by atoms with Gasteiger partial charge in [0.05, 0.1) is 19.6 Å². The molecule has 6 nitrogen and oxygen atoms in total. The molecule has 4 rings (SSSR count). The number of carbonyl (C=O) groups excluding carboxylic acids is 1. The molecule has 1 N–H and O–H groups in total. The molecule has 26 heavy (non-hydrogen) atoms. The second-order valence-corrected chi connectivity index (χ2v) is 7.22. The summed E-state index contributed by atoms with van der Waals surface area (Å²) in [4.78, 5) is 23.8. The van der Waals surface area contributed by atoms with Crippen molar-refractivity contribution >= 4 is 33.3 Å². The van der Waals surface area contributed by atoms with E-state index < -0.39 is 0 Å². The number of thiophene rings is 1. The fraction of sp³-hybridized carbons (Fsp3) is 0.316. The van der Waals surface area contributed by atoms with E-state index in [0.717, 1.165) is 29.5 Å². The summed E-state index contributed by atoms with van der Waals surface area (Å²) in [5.74, 6) is 1.44. The number of nitrogens with zero attached hydrogens (tertiary/aromatic N) is 2. The summed E-state index contributed by atoms with van der Waals surface area (Å²) < 4.78 is 10.5. The van der Waals surface area contributed by atoms with Gasteiger partial charge in [0.15, 0.2) is 11.5 Å². The van der Waals surface area contributed by atoms with Crippen LogP contribution in [0.4, 0.5) is 5.82 Å². The number of methoxy groups -OCH3 is 2. The largest absolute Gasteiger partial charge is 0.493 e. The Morgan fingerprint density at radius 2 is 1.92 bits per heavy atom. The van der Waals surface area contributed by atoms with E-state index in [-0.39, 0.29) is 5.91 Å². The van der Waals surface area contributed by atoms with Crippen molar-refractivity contribution in [1.29, 1.82) is 0 Å². The molecule has 0 atom stereocenters. The maximum atomic E-state index is 12.8. The molecule has 0 fully saturated rings. The van der Waals surface area contributed by atoms with E-state index in [1.54, 1.807) is 43.8 Å². The number of fused-ring (bicyclic) bond motifs is 3. The first kappa shape index (κ1) is 16.8. The number of ether oxygens (including phenoxy) is 2. The molecule has 0 saturated heterocycles. The number of rotatable bonds is 4. The second kappa shape index (κ2) is 6.92. The lowest BCUT2D eigenvalue weighted by atomic mass is 9.97. The molecular weight excluding hydrogens is 350 g/mol. The summed E-state index contributed by atoms with van der Waals surface area (Å²) in [6.07, 6.45) is 5.98. The van der Waals surface area contributed by atoms with Gasteiger partial charge in [-0.15, -0.1) is 11.3 Å². The molecule has 1 aliphatic carbocycles. The van der Waals surface area contributed by atoms with E-state index >= 15 is 0 Å². The summed E-state index contributed by atoms with van der Waals surface area (Å²) >= 11 is 1.71. The molecule has 0 spiro atoms. The van der Waals surface area contributed by atoms with E-state index in [0.29, 0.717) is 22.9 Å². The zero-order valence-electron chi connectivity index (χ0n) is 14.7. The lowest BCUT2D eigenvalue weighted by Gasteiger charge is -2.12. The van der Waals surface area contributed by atoms with E-state index in [1.807, 2.05) is 0 Å². The number of hydrogen-bond acceptors (Lipinski definition) is 6. The molecular formula is C19H19N3O3S. The Morgan fingerprint density at radius 3 is 2.73 bits per heavy atom. The highest BCUT2D eigenvalue weighted by Crippen LogP contribution is 2.38. The molecule has 0 unspecified atom stereocenters. The third kappa shape index (κ3) is 2.88. The smallest absolute Gasteiger partial charge is 0.256 e. The van der Waals surface area contributed by atoms with Crippen molar-refractivity contribution in [3.63, 3.8) is 0 Å². The average Bonchev–Trinajstić information content (AvgIpc) is 3.07. The van der Waals surface area contributed by atoms with Crippen LogP contribution in [0.15, 0.2) is 24.5 Å². The number of carbonyl (C=O) groups is 1. The maximum Gasteiger partial charge on any atom is 0.256 e. The lowest BCUT2D eigenvalue weighted by Crippen LogP contribution is -2.14. The minimum absolute atomic E-state index is 0.235. The second-order valence-electron chi connectivity index (χ2n) is 6.14. The number of benzene rings is 1. The third-order valence-electron chi connectivity index (χ3n) is 4.63. The summed E-state index contributed by atoms with van der Waals surface area (Å²) in [6.45, 7) is 0. The molecule has 1 aliphatic rings. The lowest BCUT2D eigenvalue weighted by molar-refractivity contribution is 0.102. The first-order chi connectivity index (χ1) is 12.7. The van der Waals surface area contributed by atoms with Gasteiger partial charge in [-0.25, -0.2) is 9.97 Å². The van der Waals surface area contributed by atoms with Crippen LogP contribution in [0.2, 0.25) is 0 Å². The van der Waals surface area contributed by atoms with Crippen molar-refractivity contribution < 1.29 is 14.3 Å². The van der Waals surface area contributed by atoms with Crippen LogP contribution in [0.5, 0.6) is 11.5 Å². The highest BCUT2D eigenvalue weighted by atomic mass is 32.1. The monoisotopic (exact) mass is 369 g/mol. The van der Waals surface area contributed by atoms with Crippen LogP contribution >= 0.6 is 11.3 Å². The molecule has 0 aliphatic heterocycles. The van der Waals surface area contributed by atoms with Crippen molar-refractivity contribution in [2.45, 2.75) is 25.7 Å². The summed E-state index contributed by atoms with van der Waals surface area (Å²) in [5.41, 5.74) is 1.78. The molecule has 7 heteroatoms. The van der Waals surface area contributed by atoms with Gasteiger partial charge in [0.25, 0.3) is 5.91 Å². The van der Waals surface area contributed by atoms with Gasteiger partial charge in [-0.2, -0.15) is 0 Å². The first-order valence-corrected chi connectivity index (χ1v) is 9.31. The van der Waals surface area contributed by atoms with E-state index in [4.69, 9.17) is 9.47 Å². The van der Waals surface area contributed by atoms with E-state index in [1.165, 1.54) is 23.2 Å². The molecule has 0 saturated carbocycles. The molecule has 0 radical (unpaired) electrons. The third-order valence-corrected chi connectivity index (χ3v) is 5.83. The van der Waals surface area contributed by atoms with Crippen LogP contribution in [0.1, 0.15) is 33.6 Å². The van der Waals surface area contributed by atoms with Gasteiger partial charge in [-0.3, -0.25) is 4.79 Å². The Kier molecular flexibility index (Phi) is 4.46. The van der Waals surface area contributed by atoms with E-state index in [9.17, 15) is 4.79 Å². The van der Waals surface area contributed by atoms with Crippen molar-refractivity contribution in [3.05, 3.63) is 40.5 Å². The fourth-order valence-electron chi connectivity index (χ4n) is 3.34.